The van der Waals surface area contributed by atoms with Crippen LogP contribution in [0.5, 0.6) is 0 Å². The largest absolute Gasteiger partial charge is 0.480 e. The van der Waals surface area contributed by atoms with Crippen LogP contribution in [0.2, 0.25) is 0 Å². The summed E-state index contributed by atoms with van der Waals surface area (Å²) in [5, 5.41) is 11.4. The molecule has 0 spiro atoms. The maximum absolute atomic E-state index is 11.7. The summed E-state index contributed by atoms with van der Waals surface area (Å²) in [6.45, 7) is 3.49. The fraction of sp³-hybridized carbons (Fsp3) is 0.364. The van der Waals surface area contributed by atoms with E-state index in [2.05, 4.69) is 10.3 Å². The zero-order valence-electron chi connectivity index (χ0n) is 9.23. The molecule has 16 heavy (non-hydrogen) atoms. The molecule has 0 aliphatic heterocycles. The molecule has 86 valence electrons. The quantitative estimate of drug-likeness (QED) is 0.772. The van der Waals surface area contributed by atoms with Crippen molar-refractivity contribution < 1.29 is 19.7 Å². The number of carboxylic acids is 1. The molecule has 0 aliphatic carbocycles. The van der Waals surface area contributed by atoms with E-state index in [0.29, 0.717) is 5.56 Å². The summed E-state index contributed by atoms with van der Waals surface area (Å²) >= 11 is 0. The summed E-state index contributed by atoms with van der Waals surface area (Å²) in [6, 6.07) is 2.43. The molecule has 1 atom stereocenters. The first-order valence-corrected chi connectivity index (χ1v) is 5.02. The highest BCUT2D eigenvalue weighted by atomic mass is 16.4. The monoisotopic (exact) mass is 223 g/mol. The number of aliphatic carboxylic acids is 1. The van der Waals surface area contributed by atoms with E-state index in [4.69, 9.17) is 5.11 Å². The standard InChI is InChI=1S/C11H14N2O3/c1-7(2)9(11(15)16)13-10(14)8-4-3-5-12-6-8/h3-7,9H,1-2H3,(H,13,14)(H,15,16)/p+1. The zero-order valence-corrected chi connectivity index (χ0v) is 9.23. The fourth-order valence-corrected chi connectivity index (χ4v) is 1.27. The van der Waals surface area contributed by atoms with Crippen LogP contribution in [0.25, 0.3) is 0 Å². The molecule has 0 radical (unpaired) electrons. The molecular weight excluding hydrogens is 208 g/mol. The van der Waals surface area contributed by atoms with Crippen LogP contribution < -0.4 is 10.3 Å². The van der Waals surface area contributed by atoms with Gasteiger partial charge in [0, 0.05) is 6.07 Å². The van der Waals surface area contributed by atoms with Gasteiger partial charge in [-0.25, -0.2) is 9.78 Å². The summed E-state index contributed by atoms with van der Waals surface area (Å²) in [7, 11) is 0. The molecule has 1 aromatic rings. The first-order chi connectivity index (χ1) is 7.52. The Morgan fingerprint density at radius 3 is 2.56 bits per heavy atom. The molecule has 3 N–H and O–H groups in total. The van der Waals surface area contributed by atoms with Crippen molar-refractivity contribution in [2.75, 3.05) is 0 Å². The molecule has 5 heteroatoms. The molecule has 0 saturated carbocycles. The third-order valence-electron chi connectivity index (χ3n) is 2.19. The van der Waals surface area contributed by atoms with Crippen molar-refractivity contribution in [3.05, 3.63) is 30.1 Å². The van der Waals surface area contributed by atoms with Crippen molar-refractivity contribution in [1.82, 2.24) is 5.32 Å². The number of pyridine rings is 1. The Labute approximate surface area is 93.5 Å². The first-order valence-electron chi connectivity index (χ1n) is 5.02. The average Bonchev–Trinajstić information content (AvgIpc) is 2.25. The Kier molecular flexibility index (Phi) is 3.99. The molecule has 1 heterocycles. The molecule has 1 rings (SSSR count). The zero-order chi connectivity index (χ0) is 12.1. The van der Waals surface area contributed by atoms with Crippen molar-refractivity contribution >= 4 is 11.9 Å². The lowest BCUT2D eigenvalue weighted by atomic mass is 10.0. The number of hydrogen-bond donors (Lipinski definition) is 2. The molecular formula is C11H15N2O3+. The maximum Gasteiger partial charge on any atom is 0.326 e. The topological polar surface area (TPSA) is 80.5 Å². The Morgan fingerprint density at radius 1 is 1.44 bits per heavy atom. The Morgan fingerprint density at radius 2 is 2.12 bits per heavy atom. The third kappa shape index (κ3) is 3.05. The molecule has 0 aromatic carbocycles. The lowest BCUT2D eigenvalue weighted by molar-refractivity contribution is -0.378. The minimum Gasteiger partial charge on any atom is -0.480 e. The van der Waals surface area contributed by atoms with Crippen LogP contribution in [0.3, 0.4) is 0 Å². The van der Waals surface area contributed by atoms with Gasteiger partial charge in [-0.05, 0) is 12.0 Å². The van der Waals surface area contributed by atoms with Crippen LogP contribution in [0.1, 0.15) is 24.2 Å². The first kappa shape index (κ1) is 12.2. The van der Waals surface area contributed by atoms with Crippen molar-refractivity contribution in [3.8, 4) is 0 Å². The van der Waals surface area contributed by atoms with E-state index in [1.165, 1.54) is 6.20 Å². The maximum atomic E-state index is 11.7. The summed E-state index contributed by atoms with van der Waals surface area (Å²) in [6.07, 6.45) is 3.20. The smallest absolute Gasteiger partial charge is 0.326 e. The van der Waals surface area contributed by atoms with E-state index in [0.717, 1.165) is 0 Å². The van der Waals surface area contributed by atoms with Crippen molar-refractivity contribution in [1.29, 1.82) is 0 Å². The van der Waals surface area contributed by atoms with Crippen molar-refractivity contribution in [3.63, 3.8) is 0 Å². The van der Waals surface area contributed by atoms with Crippen LogP contribution in [-0.2, 0) is 4.79 Å². The minimum absolute atomic E-state index is 0.158. The number of nitrogens with one attached hydrogen (secondary N) is 2. The van der Waals surface area contributed by atoms with Gasteiger partial charge in [-0.3, -0.25) is 4.79 Å². The third-order valence-corrected chi connectivity index (χ3v) is 2.19. The number of carbonyl (C=O) groups is 2. The van der Waals surface area contributed by atoms with E-state index in [-0.39, 0.29) is 5.92 Å². The SMILES string of the molecule is CC(C)C(NC(=O)c1ccc[nH+]c1)C(=O)O. The number of aromatic nitrogens is 1. The van der Waals surface area contributed by atoms with Gasteiger partial charge < -0.3 is 10.4 Å². The summed E-state index contributed by atoms with van der Waals surface area (Å²) < 4.78 is 0. The molecule has 0 saturated heterocycles. The van der Waals surface area contributed by atoms with Gasteiger partial charge in [-0.15, -0.1) is 0 Å². The Balaban J connectivity index is 2.74. The molecule has 0 fully saturated rings. The van der Waals surface area contributed by atoms with Crippen LogP contribution >= 0.6 is 0 Å². The van der Waals surface area contributed by atoms with E-state index >= 15 is 0 Å². The van der Waals surface area contributed by atoms with Gasteiger partial charge in [0.15, 0.2) is 12.4 Å². The highest BCUT2D eigenvalue weighted by molar-refractivity contribution is 5.96. The number of H-pyrrole nitrogens is 1. The van der Waals surface area contributed by atoms with Gasteiger partial charge in [-0.2, -0.15) is 0 Å². The second-order valence-corrected chi connectivity index (χ2v) is 3.83. The lowest BCUT2D eigenvalue weighted by Gasteiger charge is -2.17. The molecule has 5 nitrogen and oxygen atoms in total. The number of aromatic amines is 1. The van der Waals surface area contributed by atoms with Gasteiger partial charge in [-0.1, -0.05) is 13.8 Å². The van der Waals surface area contributed by atoms with Gasteiger partial charge >= 0.3 is 5.97 Å². The predicted octanol–water partition coefficient (Wildman–Crippen LogP) is 0.340. The summed E-state index contributed by atoms with van der Waals surface area (Å²) in [4.78, 5) is 25.3. The van der Waals surface area contributed by atoms with Gasteiger partial charge in [0.2, 0.25) is 0 Å². The van der Waals surface area contributed by atoms with Crippen molar-refractivity contribution in [2.45, 2.75) is 19.9 Å². The summed E-state index contributed by atoms with van der Waals surface area (Å²) in [5.41, 5.74) is 0.411. The second kappa shape index (κ2) is 5.25. The highest BCUT2D eigenvalue weighted by Crippen LogP contribution is 2.03. The molecule has 1 amide bonds. The minimum atomic E-state index is -1.02. The number of amides is 1. The Hall–Kier alpha value is -1.91. The lowest BCUT2D eigenvalue weighted by Crippen LogP contribution is -2.44. The van der Waals surface area contributed by atoms with Gasteiger partial charge in [0.1, 0.15) is 11.6 Å². The van der Waals surface area contributed by atoms with Gasteiger partial charge in [0.05, 0.1) is 0 Å². The summed E-state index contributed by atoms with van der Waals surface area (Å²) in [5.74, 6) is -1.57. The number of carbonyl (C=O) groups excluding carboxylic acids is 1. The molecule has 1 aromatic heterocycles. The predicted molar refractivity (Wildman–Crippen MR) is 56.7 cm³/mol. The van der Waals surface area contributed by atoms with E-state index < -0.39 is 17.9 Å². The number of carboxylic acid groups (broad SMARTS) is 1. The van der Waals surface area contributed by atoms with Crippen LogP contribution in [0.4, 0.5) is 0 Å². The molecule has 0 aliphatic rings. The highest BCUT2D eigenvalue weighted by Gasteiger charge is 2.24. The van der Waals surface area contributed by atoms with Crippen LogP contribution in [-0.4, -0.2) is 23.0 Å². The average molecular weight is 223 g/mol. The number of rotatable bonds is 4. The molecule has 1 unspecified atom stereocenters. The van der Waals surface area contributed by atoms with Crippen LogP contribution in [0, 0.1) is 5.92 Å². The van der Waals surface area contributed by atoms with Gasteiger partial charge in [0.25, 0.3) is 5.91 Å². The van der Waals surface area contributed by atoms with E-state index in [1.54, 1.807) is 32.2 Å². The van der Waals surface area contributed by atoms with Crippen LogP contribution in [0.15, 0.2) is 24.5 Å². The van der Waals surface area contributed by atoms with E-state index in [1.807, 2.05) is 0 Å². The van der Waals surface area contributed by atoms with Crippen molar-refractivity contribution in [2.24, 2.45) is 5.92 Å². The fourth-order valence-electron chi connectivity index (χ4n) is 1.27. The Bertz CT molecular complexity index is 376. The number of hydrogen-bond acceptors (Lipinski definition) is 2. The van der Waals surface area contributed by atoms with E-state index in [9.17, 15) is 9.59 Å². The normalized spacial score (nSPS) is 12.2. The second-order valence-electron chi connectivity index (χ2n) is 3.83. The molecule has 0 bridgehead atoms.